The zero-order chi connectivity index (χ0) is 17.1. The van der Waals surface area contributed by atoms with Crippen molar-refractivity contribution in [1.29, 1.82) is 0 Å². The van der Waals surface area contributed by atoms with Crippen molar-refractivity contribution in [2.45, 2.75) is 73.9 Å². The molecule has 2 aliphatic heterocycles. The fourth-order valence-electron chi connectivity index (χ4n) is 2.57. The van der Waals surface area contributed by atoms with E-state index in [0.717, 1.165) is 30.9 Å². The number of amidine groups is 1. The van der Waals surface area contributed by atoms with Crippen molar-refractivity contribution in [1.82, 2.24) is 4.90 Å². The summed E-state index contributed by atoms with van der Waals surface area (Å²) in [5, 5.41) is 0. The Hall–Kier alpha value is -1.64. The lowest BCUT2D eigenvalue weighted by Gasteiger charge is -2.29. The first kappa shape index (κ1) is 20.4. The van der Waals surface area contributed by atoms with Crippen molar-refractivity contribution in [2.75, 3.05) is 0 Å². The molecular formula is C19H32N2O. The van der Waals surface area contributed by atoms with E-state index in [2.05, 4.69) is 16.0 Å². The van der Waals surface area contributed by atoms with E-state index in [4.69, 9.17) is 0 Å². The Morgan fingerprint density at radius 3 is 2.27 bits per heavy atom. The quantitative estimate of drug-likeness (QED) is 0.699. The molecule has 0 spiro atoms. The summed E-state index contributed by atoms with van der Waals surface area (Å²) in [4.78, 5) is 18.3. The lowest BCUT2D eigenvalue weighted by molar-refractivity contribution is -0.120. The maximum Gasteiger partial charge on any atom is 0.152 e. The smallest absolute Gasteiger partial charge is 0.152 e. The van der Waals surface area contributed by atoms with Gasteiger partial charge in [0.25, 0.3) is 0 Å². The van der Waals surface area contributed by atoms with Crippen molar-refractivity contribution in [3.63, 3.8) is 0 Å². The second kappa shape index (κ2) is 11.0. The highest BCUT2D eigenvalue weighted by Gasteiger charge is 2.34. The minimum atomic E-state index is 0.0482. The predicted octanol–water partition coefficient (Wildman–Crippen LogP) is 5.36. The van der Waals surface area contributed by atoms with Gasteiger partial charge >= 0.3 is 0 Å². The summed E-state index contributed by atoms with van der Waals surface area (Å²) in [5.74, 6) is 1.34. The van der Waals surface area contributed by atoms with Crippen LogP contribution in [-0.4, -0.2) is 22.6 Å². The highest BCUT2D eigenvalue weighted by atomic mass is 16.1. The van der Waals surface area contributed by atoms with E-state index in [1.165, 1.54) is 5.56 Å². The Labute approximate surface area is 136 Å². The van der Waals surface area contributed by atoms with Crippen molar-refractivity contribution >= 4 is 17.3 Å². The van der Waals surface area contributed by atoms with Crippen molar-refractivity contribution in [3.8, 4) is 0 Å². The number of aliphatic imine (C=N–C) groups is 1. The van der Waals surface area contributed by atoms with E-state index in [1.54, 1.807) is 6.92 Å². The molecule has 2 heterocycles. The van der Waals surface area contributed by atoms with Crippen LogP contribution in [0.2, 0.25) is 0 Å². The van der Waals surface area contributed by atoms with E-state index in [-0.39, 0.29) is 11.8 Å². The molecule has 0 saturated carbocycles. The summed E-state index contributed by atoms with van der Waals surface area (Å²) in [7, 11) is 0. The SMILES string of the molecule is CC.CC.CC.CC(=O)C1CCC2=Nc3ccccc3CN21. The zero-order valence-electron chi connectivity index (χ0n) is 15.3. The second-order valence-electron chi connectivity index (χ2n) is 4.45. The molecule has 2 aliphatic rings. The number of nitrogens with zero attached hydrogens (tertiary/aromatic N) is 2. The van der Waals surface area contributed by atoms with Gasteiger partial charge in [-0.15, -0.1) is 0 Å². The molecule has 0 radical (unpaired) electrons. The van der Waals surface area contributed by atoms with Gasteiger partial charge in [-0.1, -0.05) is 59.7 Å². The Morgan fingerprint density at radius 2 is 1.68 bits per heavy atom. The third-order valence-electron chi connectivity index (χ3n) is 3.40. The van der Waals surface area contributed by atoms with Gasteiger partial charge in [0.15, 0.2) is 5.78 Å². The van der Waals surface area contributed by atoms with Crippen LogP contribution in [0.5, 0.6) is 0 Å². The monoisotopic (exact) mass is 304 g/mol. The van der Waals surface area contributed by atoms with Gasteiger partial charge in [-0.2, -0.15) is 0 Å². The van der Waals surface area contributed by atoms with Gasteiger partial charge in [0.2, 0.25) is 0 Å². The average Bonchev–Trinajstić information content (AvgIpc) is 3.01. The second-order valence-corrected chi connectivity index (χ2v) is 4.45. The minimum Gasteiger partial charge on any atom is -0.346 e. The van der Waals surface area contributed by atoms with Crippen molar-refractivity contribution < 1.29 is 4.79 Å². The van der Waals surface area contributed by atoms with Crippen LogP contribution >= 0.6 is 0 Å². The molecule has 0 amide bonds. The fourth-order valence-corrected chi connectivity index (χ4v) is 2.57. The average molecular weight is 304 g/mol. The first-order valence-electron chi connectivity index (χ1n) is 8.68. The Kier molecular flexibility index (Phi) is 10.2. The molecule has 1 saturated heterocycles. The summed E-state index contributed by atoms with van der Waals surface area (Å²) in [5.41, 5.74) is 2.29. The number of rotatable bonds is 1. The standard InChI is InChI=1S/C13H14N2O.3C2H6/c1-9(16)12-6-7-13-14-11-5-3-2-4-10(11)8-15(12)13;3*1-2/h2-5,12H,6-8H2,1H3;3*1-2H3. The number of Topliss-reactive ketones (excluding diaryl/α,β-unsaturated/α-hetero) is 1. The van der Waals surface area contributed by atoms with Crippen LogP contribution in [0.3, 0.4) is 0 Å². The summed E-state index contributed by atoms with van der Waals surface area (Å²) in [6, 6.07) is 8.21. The molecule has 0 aromatic heterocycles. The molecule has 3 heteroatoms. The molecular weight excluding hydrogens is 272 g/mol. The van der Waals surface area contributed by atoms with Crippen molar-refractivity contribution in [2.24, 2.45) is 4.99 Å². The molecule has 1 aromatic rings. The Morgan fingerprint density at radius 1 is 1.09 bits per heavy atom. The number of benzene rings is 1. The van der Waals surface area contributed by atoms with E-state index < -0.39 is 0 Å². The van der Waals surface area contributed by atoms with Crippen molar-refractivity contribution in [3.05, 3.63) is 29.8 Å². The molecule has 1 atom stereocenters. The molecule has 1 fully saturated rings. The first-order valence-corrected chi connectivity index (χ1v) is 8.68. The van der Waals surface area contributed by atoms with Gasteiger partial charge in [-0.25, -0.2) is 4.99 Å². The van der Waals surface area contributed by atoms with E-state index in [1.807, 2.05) is 59.7 Å². The number of hydrogen-bond acceptors (Lipinski definition) is 3. The van der Waals surface area contributed by atoms with Crippen LogP contribution in [-0.2, 0) is 11.3 Å². The molecule has 22 heavy (non-hydrogen) atoms. The first-order chi connectivity index (χ1) is 10.8. The highest BCUT2D eigenvalue weighted by Crippen LogP contribution is 2.32. The normalized spacial score (nSPS) is 17.1. The van der Waals surface area contributed by atoms with Gasteiger partial charge < -0.3 is 4.90 Å². The maximum atomic E-state index is 11.5. The topological polar surface area (TPSA) is 32.7 Å². The fraction of sp³-hybridized carbons (Fsp3) is 0.579. The van der Waals surface area contributed by atoms with Gasteiger partial charge in [-0.05, 0) is 25.0 Å². The molecule has 0 aliphatic carbocycles. The van der Waals surface area contributed by atoms with Crippen LogP contribution in [0.4, 0.5) is 5.69 Å². The third-order valence-corrected chi connectivity index (χ3v) is 3.40. The number of carbonyl (C=O) groups excluding carboxylic acids is 1. The summed E-state index contributed by atoms with van der Waals surface area (Å²) < 4.78 is 0. The van der Waals surface area contributed by atoms with Crippen LogP contribution in [0.25, 0.3) is 0 Å². The molecule has 124 valence electrons. The highest BCUT2D eigenvalue weighted by molar-refractivity contribution is 5.95. The van der Waals surface area contributed by atoms with Gasteiger partial charge in [0, 0.05) is 13.0 Å². The number of fused-ring (bicyclic) bond motifs is 2. The Bertz CT molecular complexity index is 480. The summed E-state index contributed by atoms with van der Waals surface area (Å²) in [6.45, 7) is 14.5. The molecule has 3 rings (SSSR count). The number of hydrogen-bond donors (Lipinski definition) is 0. The van der Waals surface area contributed by atoms with Crippen LogP contribution in [0.1, 0.15) is 66.9 Å². The van der Waals surface area contributed by atoms with Gasteiger partial charge in [0.1, 0.15) is 5.84 Å². The predicted molar refractivity (Wildman–Crippen MR) is 96.8 cm³/mol. The Balaban J connectivity index is 0.000000661. The minimum absolute atomic E-state index is 0.0482. The summed E-state index contributed by atoms with van der Waals surface area (Å²) in [6.07, 6.45) is 1.85. The molecule has 0 bridgehead atoms. The maximum absolute atomic E-state index is 11.5. The van der Waals surface area contributed by atoms with E-state index in [0.29, 0.717) is 0 Å². The van der Waals surface area contributed by atoms with Gasteiger partial charge in [0.05, 0.1) is 11.7 Å². The molecule has 3 nitrogen and oxygen atoms in total. The van der Waals surface area contributed by atoms with Crippen LogP contribution in [0.15, 0.2) is 29.3 Å². The molecule has 1 aromatic carbocycles. The summed E-state index contributed by atoms with van der Waals surface area (Å²) >= 11 is 0. The van der Waals surface area contributed by atoms with E-state index in [9.17, 15) is 4.79 Å². The largest absolute Gasteiger partial charge is 0.346 e. The number of carbonyl (C=O) groups is 1. The number of ketones is 1. The number of para-hydroxylation sites is 1. The van der Waals surface area contributed by atoms with Crippen LogP contribution < -0.4 is 0 Å². The lowest BCUT2D eigenvalue weighted by Crippen LogP contribution is -2.38. The van der Waals surface area contributed by atoms with Gasteiger partial charge in [-0.3, -0.25) is 4.79 Å². The third kappa shape index (κ3) is 4.69. The lowest BCUT2D eigenvalue weighted by atomic mass is 10.1. The molecule has 1 unspecified atom stereocenters. The zero-order valence-corrected chi connectivity index (χ0v) is 15.3. The van der Waals surface area contributed by atoms with Crippen LogP contribution in [0, 0.1) is 0 Å². The molecule has 0 N–H and O–H groups in total. The van der Waals surface area contributed by atoms with E-state index >= 15 is 0 Å².